The highest BCUT2D eigenvalue weighted by Gasteiger charge is 2.27. The molecule has 0 bridgehead atoms. The van der Waals surface area contributed by atoms with Gasteiger partial charge in [-0.3, -0.25) is 0 Å². The Labute approximate surface area is 106 Å². The molecule has 0 saturated heterocycles. The van der Waals surface area contributed by atoms with Crippen molar-refractivity contribution in [1.82, 2.24) is 0 Å². The van der Waals surface area contributed by atoms with Crippen LogP contribution in [0.2, 0.25) is 0 Å². The highest BCUT2D eigenvalue weighted by atomic mass is 32.2. The van der Waals surface area contributed by atoms with Crippen LogP contribution in [0.15, 0.2) is 30.3 Å². The van der Waals surface area contributed by atoms with Gasteiger partial charge in [0, 0.05) is 11.4 Å². The first-order chi connectivity index (χ1) is 8.00. The number of hydrogen-bond acceptors (Lipinski definition) is 2. The second-order valence-corrected chi connectivity index (χ2v) is 6.78. The Kier molecular flexibility index (Phi) is 3.61. The summed E-state index contributed by atoms with van der Waals surface area (Å²) in [5, 5.41) is 5.47. The number of hydrogen-bond donors (Lipinski definition) is 1. The second kappa shape index (κ2) is 4.84. The lowest BCUT2D eigenvalue weighted by molar-refractivity contribution is 0.573. The molecule has 92 valence electrons. The van der Waals surface area contributed by atoms with Crippen molar-refractivity contribution in [3.63, 3.8) is 0 Å². The maximum absolute atomic E-state index is 11.4. The molecule has 3 heteroatoms. The van der Waals surface area contributed by atoms with Crippen molar-refractivity contribution in [3.8, 4) is 0 Å². The standard InChI is InChI=1S/C14H19NOS/c1-14(2,17(15)16)10-9-11-5-3-4-6-13(11)12-7-8-12/h3-6,9-10,12H,7-8,15H2,1-2H3. The molecule has 1 unspecified atom stereocenters. The fraction of sp³-hybridized carbons (Fsp3) is 0.429. The van der Waals surface area contributed by atoms with Gasteiger partial charge in [-0.25, -0.2) is 0 Å². The Morgan fingerprint density at radius 3 is 2.59 bits per heavy atom. The van der Waals surface area contributed by atoms with Gasteiger partial charge in [0.05, 0.1) is 0 Å². The summed E-state index contributed by atoms with van der Waals surface area (Å²) in [6, 6.07) is 8.42. The van der Waals surface area contributed by atoms with Gasteiger partial charge >= 0.3 is 0 Å². The molecule has 1 atom stereocenters. The Hall–Kier alpha value is -0.770. The summed E-state index contributed by atoms with van der Waals surface area (Å²) in [5.74, 6) is 0.724. The predicted octanol–water partition coefficient (Wildman–Crippen LogP) is 2.98. The highest BCUT2D eigenvalue weighted by Crippen LogP contribution is 2.42. The third-order valence-electron chi connectivity index (χ3n) is 3.20. The summed E-state index contributed by atoms with van der Waals surface area (Å²) in [4.78, 5) is 0. The summed E-state index contributed by atoms with van der Waals surface area (Å²) >= 11 is -1.34. The van der Waals surface area contributed by atoms with E-state index < -0.39 is 16.1 Å². The Bertz CT molecular complexity index is 422. The van der Waals surface area contributed by atoms with Gasteiger partial charge in [-0.05, 0) is 49.8 Å². The molecule has 1 aliphatic carbocycles. The van der Waals surface area contributed by atoms with Crippen molar-refractivity contribution in [2.45, 2.75) is 37.4 Å². The molecule has 2 N–H and O–H groups in total. The van der Waals surface area contributed by atoms with Crippen molar-refractivity contribution >= 4 is 17.4 Å². The van der Waals surface area contributed by atoms with Crippen LogP contribution in [0.25, 0.3) is 6.08 Å². The lowest BCUT2D eigenvalue weighted by Crippen LogP contribution is -2.35. The molecule has 1 saturated carbocycles. The lowest BCUT2D eigenvalue weighted by Gasteiger charge is -2.20. The molecule has 0 aromatic heterocycles. The minimum Gasteiger partial charge on any atom is -0.598 e. The minimum absolute atomic E-state index is 0.476. The average molecular weight is 249 g/mol. The normalized spacial score (nSPS) is 18.6. The van der Waals surface area contributed by atoms with E-state index in [9.17, 15) is 4.55 Å². The summed E-state index contributed by atoms with van der Waals surface area (Å²) in [5.41, 5.74) is 2.64. The van der Waals surface area contributed by atoms with Crippen molar-refractivity contribution < 1.29 is 4.55 Å². The van der Waals surface area contributed by atoms with Gasteiger partial charge in [0.2, 0.25) is 0 Å². The van der Waals surface area contributed by atoms with Crippen LogP contribution < -0.4 is 5.14 Å². The molecule has 1 aromatic rings. The van der Waals surface area contributed by atoms with Gasteiger partial charge in [-0.2, -0.15) is 5.14 Å². The van der Waals surface area contributed by atoms with Crippen LogP contribution in [0, 0.1) is 0 Å². The van der Waals surface area contributed by atoms with Crippen LogP contribution in [-0.4, -0.2) is 9.30 Å². The lowest BCUT2D eigenvalue weighted by atomic mass is 10.0. The molecule has 2 nitrogen and oxygen atoms in total. The van der Waals surface area contributed by atoms with Gasteiger partial charge in [0.1, 0.15) is 0 Å². The third-order valence-corrected chi connectivity index (χ3v) is 4.37. The number of benzene rings is 1. The molecule has 0 amide bonds. The van der Waals surface area contributed by atoms with Crippen molar-refractivity contribution in [1.29, 1.82) is 0 Å². The Morgan fingerprint density at radius 1 is 1.35 bits per heavy atom. The fourth-order valence-electron chi connectivity index (χ4n) is 1.79. The Morgan fingerprint density at radius 2 is 2.00 bits per heavy atom. The van der Waals surface area contributed by atoms with E-state index in [-0.39, 0.29) is 0 Å². The van der Waals surface area contributed by atoms with Crippen molar-refractivity contribution in [2.75, 3.05) is 0 Å². The minimum atomic E-state index is -1.34. The van der Waals surface area contributed by atoms with E-state index in [1.54, 1.807) is 0 Å². The first-order valence-electron chi connectivity index (χ1n) is 5.95. The maximum Gasteiger partial charge on any atom is 0.157 e. The van der Waals surface area contributed by atoms with Crippen LogP contribution in [0.5, 0.6) is 0 Å². The van der Waals surface area contributed by atoms with Gasteiger partial charge < -0.3 is 4.55 Å². The summed E-state index contributed by atoms with van der Waals surface area (Å²) in [6.07, 6.45) is 6.58. The highest BCUT2D eigenvalue weighted by molar-refractivity contribution is 7.90. The molecule has 0 spiro atoms. The van der Waals surface area contributed by atoms with Crippen molar-refractivity contribution in [2.24, 2.45) is 5.14 Å². The zero-order valence-corrected chi connectivity index (χ0v) is 11.2. The predicted molar refractivity (Wildman–Crippen MR) is 73.9 cm³/mol. The summed E-state index contributed by atoms with van der Waals surface area (Å²) in [7, 11) is 0. The zero-order chi connectivity index (χ0) is 12.5. The topological polar surface area (TPSA) is 49.1 Å². The number of rotatable bonds is 4. The van der Waals surface area contributed by atoms with Crippen molar-refractivity contribution in [3.05, 3.63) is 41.5 Å². The fourth-order valence-corrected chi connectivity index (χ4v) is 1.99. The van der Waals surface area contributed by atoms with E-state index in [1.807, 2.05) is 26.0 Å². The summed E-state index contributed by atoms with van der Waals surface area (Å²) < 4.78 is 10.9. The molecule has 0 radical (unpaired) electrons. The summed E-state index contributed by atoms with van der Waals surface area (Å²) in [6.45, 7) is 3.78. The zero-order valence-electron chi connectivity index (χ0n) is 10.3. The second-order valence-electron chi connectivity index (χ2n) is 5.14. The van der Waals surface area contributed by atoms with Gasteiger partial charge in [0.15, 0.2) is 4.75 Å². The van der Waals surface area contributed by atoms with Crippen LogP contribution in [0.3, 0.4) is 0 Å². The number of nitrogens with two attached hydrogens (primary N) is 1. The molecular formula is C14H19NOS. The molecule has 1 aromatic carbocycles. The first kappa shape index (κ1) is 12.7. The van der Waals surface area contributed by atoms with E-state index in [1.165, 1.54) is 24.0 Å². The quantitative estimate of drug-likeness (QED) is 0.834. The van der Waals surface area contributed by atoms with E-state index in [0.29, 0.717) is 0 Å². The first-order valence-corrected chi connectivity index (χ1v) is 7.16. The monoisotopic (exact) mass is 249 g/mol. The molecule has 17 heavy (non-hydrogen) atoms. The van der Waals surface area contributed by atoms with E-state index in [2.05, 4.69) is 24.3 Å². The molecule has 2 rings (SSSR count). The smallest absolute Gasteiger partial charge is 0.157 e. The van der Waals surface area contributed by atoms with Crippen LogP contribution >= 0.6 is 0 Å². The molecule has 1 fully saturated rings. The SMILES string of the molecule is CC(C)(C=Cc1ccccc1C1CC1)[S+](N)[O-]. The van der Waals surface area contributed by atoms with Gasteiger partial charge in [-0.15, -0.1) is 0 Å². The van der Waals surface area contributed by atoms with E-state index in [0.717, 1.165) is 5.92 Å². The molecule has 0 aliphatic heterocycles. The van der Waals surface area contributed by atoms with Gasteiger partial charge in [-0.1, -0.05) is 30.3 Å². The molecular weight excluding hydrogens is 230 g/mol. The molecule has 0 heterocycles. The third kappa shape index (κ3) is 3.12. The van der Waals surface area contributed by atoms with E-state index >= 15 is 0 Å². The molecule has 1 aliphatic rings. The van der Waals surface area contributed by atoms with E-state index in [4.69, 9.17) is 5.14 Å². The average Bonchev–Trinajstić information content (AvgIpc) is 3.10. The van der Waals surface area contributed by atoms with Crippen LogP contribution in [0.1, 0.15) is 43.7 Å². The van der Waals surface area contributed by atoms with Gasteiger partial charge in [0.25, 0.3) is 0 Å². The van der Waals surface area contributed by atoms with Crippen LogP contribution in [-0.2, 0) is 11.4 Å². The maximum atomic E-state index is 11.4. The largest absolute Gasteiger partial charge is 0.598 e. The van der Waals surface area contributed by atoms with Crippen LogP contribution in [0.4, 0.5) is 0 Å². The Balaban J connectivity index is 2.21.